The molecular formula is C27H38N4O4. The Kier molecular flexibility index (Phi) is 8.35. The van der Waals surface area contributed by atoms with Crippen LogP contribution in [-0.4, -0.2) is 53.4 Å². The van der Waals surface area contributed by atoms with Gasteiger partial charge in [0.05, 0.1) is 30.3 Å². The SMILES string of the molecule is CCN(c1cc(-c2cnc(C)cn2)cc(C(=O)OC)c1C)C1CCC(NC(=O)OC(C)(C)C)CC1. The highest BCUT2D eigenvalue weighted by atomic mass is 16.6. The van der Waals surface area contributed by atoms with Crippen LogP contribution in [0.15, 0.2) is 24.5 Å². The van der Waals surface area contributed by atoms with Crippen LogP contribution in [0.25, 0.3) is 11.3 Å². The standard InChI is InChI=1S/C27H38N4O4/c1-8-31(21-11-9-20(10-12-21)30-26(33)35-27(4,5)6)24-14-19(23-16-28-17(2)15-29-23)13-22(18(24)3)25(32)34-7/h13-16,20-21H,8-12H2,1-7H3,(H,30,33). The molecule has 0 spiro atoms. The third-order valence-corrected chi connectivity index (χ3v) is 6.37. The Morgan fingerprint density at radius 3 is 2.31 bits per heavy atom. The number of aryl methyl sites for hydroxylation is 1. The molecule has 0 bridgehead atoms. The minimum Gasteiger partial charge on any atom is -0.465 e. The molecule has 1 aromatic carbocycles. The van der Waals surface area contributed by atoms with Crippen molar-refractivity contribution in [3.8, 4) is 11.3 Å². The van der Waals surface area contributed by atoms with Crippen LogP contribution in [0.2, 0.25) is 0 Å². The lowest BCUT2D eigenvalue weighted by Crippen LogP contribution is -2.45. The Morgan fingerprint density at radius 1 is 1.09 bits per heavy atom. The van der Waals surface area contributed by atoms with Gasteiger partial charge in [-0.15, -0.1) is 0 Å². The summed E-state index contributed by atoms with van der Waals surface area (Å²) in [5, 5.41) is 3.01. The van der Waals surface area contributed by atoms with Crippen molar-refractivity contribution >= 4 is 17.7 Å². The first-order valence-corrected chi connectivity index (χ1v) is 12.3. The summed E-state index contributed by atoms with van der Waals surface area (Å²) in [5.74, 6) is -0.369. The molecular weight excluding hydrogens is 444 g/mol. The highest BCUT2D eigenvalue weighted by molar-refractivity contribution is 5.95. The first-order chi connectivity index (χ1) is 16.5. The highest BCUT2D eigenvalue weighted by Gasteiger charge is 2.29. The number of esters is 1. The number of nitrogens with one attached hydrogen (secondary N) is 1. The van der Waals surface area contributed by atoms with Gasteiger partial charge in [0.15, 0.2) is 0 Å². The minimum atomic E-state index is -0.512. The van der Waals surface area contributed by atoms with E-state index in [4.69, 9.17) is 9.47 Å². The molecule has 0 atom stereocenters. The number of carbonyl (C=O) groups excluding carboxylic acids is 2. The van der Waals surface area contributed by atoms with Crippen LogP contribution in [-0.2, 0) is 9.47 Å². The monoisotopic (exact) mass is 482 g/mol. The predicted octanol–water partition coefficient (Wildman–Crippen LogP) is 5.21. The van der Waals surface area contributed by atoms with Crippen molar-refractivity contribution in [2.45, 2.75) is 84.9 Å². The van der Waals surface area contributed by atoms with Gasteiger partial charge in [-0.2, -0.15) is 0 Å². The number of hydrogen-bond donors (Lipinski definition) is 1. The lowest BCUT2D eigenvalue weighted by molar-refractivity contribution is 0.0490. The Bertz CT molecular complexity index is 1040. The van der Waals surface area contributed by atoms with Crippen molar-refractivity contribution in [3.63, 3.8) is 0 Å². The van der Waals surface area contributed by atoms with E-state index in [1.807, 2.05) is 40.7 Å². The van der Waals surface area contributed by atoms with Gasteiger partial charge < -0.3 is 19.7 Å². The number of rotatable bonds is 6. The van der Waals surface area contributed by atoms with Crippen LogP contribution in [0.3, 0.4) is 0 Å². The van der Waals surface area contributed by atoms with Gasteiger partial charge in [0.25, 0.3) is 0 Å². The molecule has 190 valence electrons. The van der Waals surface area contributed by atoms with Gasteiger partial charge in [-0.05, 0) is 84.9 Å². The second-order valence-electron chi connectivity index (χ2n) is 10.1. The predicted molar refractivity (Wildman–Crippen MR) is 137 cm³/mol. The molecule has 1 aliphatic rings. The molecule has 1 aliphatic carbocycles. The van der Waals surface area contributed by atoms with E-state index in [1.54, 1.807) is 12.4 Å². The lowest BCUT2D eigenvalue weighted by atomic mass is 9.89. The van der Waals surface area contributed by atoms with E-state index in [0.717, 1.165) is 54.7 Å². The zero-order valence-corrected chi connectivity index (χ0v) is 22.0. The average Bonchev–Trinajstić information content (AvgIpc) is 2.80. The second kappa shape index (κ2) is 11.1. The smallest absolute Gasteiger partial charge is 0.407 e. The van der Waals surface area contributed by atoms with E-state index in [1.165, 1.54) is 7.11 Å². The van der Waals surface area contributed by atoms with Crippen LogP contribution in [0.4, 0.5) is 10.5 Å². The van der Waals surface area contributed by atoms with Gasteiger partial charge in [0.2, 0.25) is 0 Å². The third kappa shape index (κ3) is 6.71. The largest absolute Gasteiger partial charge is 0.465 e. The molecule has 35 heavy (non-hydrogen) atoms. The molecule has 0 radical (unpaired) electrons. The Labute approximate surface area is 208 Å². The number of nitrogens with zero attached hydrogens (tertiary/aromatic N) is 3. The van der Waals surface area contributed by atoms with E-state index in [9.17, 15) is 9.59 Å². The molecule has 8 heteroatoms. The number of alkyl carbamates (subject to hydrolysis) is 1. The average molecular weight is 483 g/mol. The van der Waals surface area contributed by atoms with Gasteiger partial charge in [0.1, 0.15) is 5.60 Å². The molecule has 1 amide bonds. The number of ether oxygens (including phenoxy) is 2. The van der Waals surface area contributed by atoms with Crippen LogP contribution in [0.5, 0.6) is 0 Å². The summed E-state index contributed by atoms with van der Waals surface area (Å²) in [6.45, 7) is 12.4. The fourth-order valence-electron chi connectivity index (χ4n) is 4.64. The van der Waals surface area contributed by atoms with Crippen molar-refractivity contribution in [1.29, 1.82) is 0 Å². The summed E-state index contributed by atoms with van der Waals surface area (Å²) in [6, 6.07) is 4.32. The quantitative estimate of drug-likeness (QED) is 0.565. The van der Waals surface area contributed by atoms with Gasteiger partial charge >= 0.3 is 12.1 Å². The van der Waals surface area contributed by atoms with E-state index in [-0.39, 0.29) is 18.1 Å². The number of aromatic nitrogens is 2. The Balaban J connectivity index is 1.84. The fourth-order valence-corrected chi connectivity index (χ4v) is 4.64. The van der Waals surface area contributed by atoms with Crippen LogP contribution < -0.4 is 10.2 Å². The molecule has 8 nitrogen and oxygen atoms in total. The molecule has 1 heterocycles. The highest BCUT2D eigenvalue weighted by Crippen LogP contribution is 2.35. The summed E-state index contributed by atoms with van der Waals surface area (Å²) in [7, 11) is 1.40. The maximum absolute atomic E-state index is 12.6. The van der Waals surface area contributed by atoms with Crippen molar-refractivity contribution in [2.75, 3.05) is 18.6 Å². The lowest BCUT2D eigenvalue weighted by Gasteiger charge is -2.39. The molecule has 1 N–H and O–H groups in total. The summed E-state index contributed by atoms with van der Waals surface area (Å²) < 4.78 is 10.5. The first-order valence-electron chi connectivity index (χ1n) is 12.3. The van der Waals surface area contributed by atoms with Crippen molar-refractivity contribution in [3.05, 3.63) is 41.3 Å². The Hall–Kier alpha value is -3.16. The molecule has 1 aromatic heterocycles. The zero-order chi connectivity index (χ0) is 25.8. The van der Waals surface area contributed by atoms with E-state index in [2.05, 4.69) is 33.2 Å². The van der Waals surface area contributed by atoms with Crippen molar-refractivity contribution in [2.24, 2.45) is 0 Å². The maximum atomic E-state index is 12.6. The first kappa shape index (κ1) is 26.4. The van der Waals surface area contributed by atoms with Gasteiger partial charge in [-0.25, -0.2) is 9.59 Å². The summed E-state index contributed by atoms with van der Waals surface area (Å²) in [5.41, 5.74) is 4.28. The zero-order valence-electron chi connectivity index (χ0n) is 22.0. The van der Waals surface area contributed by atoms with E-state index >= 15 is 0 Å². The number of methoxy groups -OCH3 is 1. The third-order valence-electron chi connectivity index (χ3n) is 6.37. The van der Waals surface area contributed by atoms with Crippen LogP contribution in [0.1, 0.15) is 75.0 Å². The van der Waals surface area contributed by atoms with E-state index < -0.39 is 5.60 Å². The summed E-state index contributed by atoms with van der Waals surface area (Å²) in [6.07, 6.45) is 6.68. The summed E-state index contributed by atoms with van der Waals surface area (Å²) in [4.78, 5) is 36.1. The molecule has 0 aliphatic heterocycles. The minimum absolute atomic E-state index is 0.0979. The molecule has 1 saturated carbocycles. The number of benzene rings is 1. The topological polar surface area (TPSA) is 93.7 Å². The molecule has 0 unspecified atom stereocenters. The maximum Gasteiger partial charge on any atom is 0.407 e. The Morgan fingerprint density at radius 2 is 1.77 bits per heavy atom. The number of anilines is 1. The van der Waals surface area contributed by atoms with Crippen molar-refractivity contribution in [1.82, 2.24) is 15.3 Å². The molecule has 1 fully saturated rings. The van der Waals surface area contributed by atoms with Crippen LogP contribution in [0, 0.1) is 13.8 Å². The van der Waals surface area contributed by atoms with Gasteiger partial charge in [0, 0.05) is 36.1 Å². The van der Waals surface area contributed by atoms with Crippen molar-refractivity contribution < 1.29 is 19.1 Å². The summed E-state index contributed by atoms with van der Waals surface area (Å²) >= 11 is 0. The van der Waals surface area contributed by atoms with Gasteiger partial charge in [-0.3, -0.25) is 9.97 Å². The number of hydrogen-bond acceptors (Lipinski definition) is 7. The number of amides is 1. The fraction of sp³-hybridized carbons (Fsp3) is 0.556. The normalized spacial score (nSPS) is 18.0. The molecule has 0 saturated heterocycles. The molecule has 2 aromatic rings. The van der Waals surface area contributed by atoms with E-state index in [0.29, 0.717) is 17.3 Å². The second-order valence-corrected chi connectivity index (χ2v) is 10.1. The molecule has 3 rings (SSSR count). The van der Waals surface area contributed by atoms with Gasteiger partial charge in [-0.1, -0.05) is 0 Å². The van der Waals surface area contributed by atoms with Crippen LogP contribution >= 0.6 is 0 Å². The number of carbonyl (C=O) groups is 2.